The number of esters is 1. The number of ether oxygens (including phenoxy) is 3. The number of non-ortho nitro benzene ring substituents is 1. The van der Waals surface area contributed by atoms with Gasteiger partial charge in [-0.05, 0) is 30.3 Å². The van der Waals surface area contributed by atoms with Crippen molar-refractivity contribution in [2.45, 2.75) is 13.2 Å². The number of halogens is 1. The number of anilines is 1. The quantitative estimate of drug-likeness (QED) is 0.282. The van der Waals surface area contributed by atoms with Crippen LogP contribution in [0.3, 0.4) is 0 Å². The van der Waals surface area contributed by atoms with E-state index in [1.54, 1.807) is 0 Å². The first kappa shape index (κ1) is 22.1. The van der Waals surface area contributed by atoms with E-state index in [1.807, 2.05) is 4.90 Å². The summed E-state index contributed by atoms with van der Waals surface area (Å²) in [7, 11) is 0. The minimum Gasteiger partial charge on any atom is -0.485 e. The molecule has 0 spiro atoms. The van der Waals surface area contributed by atoms with Gasteiger partial charge in [0, 0.05) is 25.2 Å². The lowest BCUT2D eigenvalue weighted by molar-refractivity contribution is -0.384. The summed E-state index contributed by atoms with van der Waals surface area (Å²) in [6.07, 6.45) is 0. The Morgan fingerprint density at radius 1 is 1.15 bits per heavy atom. The van der Waals surface area contributed by atoms with Crippen LogP contribution in [0, 0.1) is 15.9 Å². The van der Waals surface area contributed by atoms with Crippen LogP contribution in [0.15, 0.2) is 47.0 Å². The fraction of sp³-hybridized carbons (Fsp3) is 0.286. The Labute approximate surface area is 186 Å². The van der Waals surface area contributed by atoms with Crippen LogP contribution in [0.2, 0.25) is 0 Å². The summed E-state index contributed by atoms with van der Waals surface area (Å²) in [6, 6.07) is 9.49. The van der Waals surface area contributed by atoms with Gasteiger partial charge in [-0.2, -0.15) is 4.98 Å². The number of carbonyl (C=O) groups is 1. The van der Waals surface area contributed by atoms with Crippen LogP contribution in [-0.4, -0.2) is 47.3 Å². The molecule has 0 unspecified atom stereocenters. The first-order valence-corrected chi connectivity index (χ1v) is 9.97. The number of nitro benzene ring substituents is 1. The second-order valence-corrected chi connectivity index (χ2v) is 6.98. The topological polar surface area (TPSA) is 130 Å². The van der Waals surface area contributed by atoms with Gasteiger partial charge in [0.15, 0.2) is 13.2 Å². The van der Waals surface area contributed by atoms with Gasteiger partial charge >= 0.3 is 5.97 Å². The zero-order chi connectivity index (χ0) is 23.2. The summed E-state index contributed by atoms with van der Waals surface area (Å²) >= 11 is 0. The number of rotatable bonds is 8. The Balaban J connectivity index is 1.40. The van der Waals surface area contributed by atoms with Crippen LogP contribution < -0.4 is 9.64 Å². The summed E-state index contributed by atoms with van der Waals surface area (Å²) in [5.74, 6) is -0.487. The Morgan fingerprint density at radius 3 is 2.64 bits per heavy atom. The minimum atomic E-state index is -0.762. The Bertz CT molecular complexity index is 1130. The number of aromatic nitrogens is 2. The summed E-state index contributed by atoms with van der Waals surface area (Å²) in [5.41, 5.74) is 0.357. The molecule has 1 fully saturated rings. The number of nitro groups is 1. The molecule has 0 aliphatic carbocycles. The molecule has 0 atom stereocenters. The van der Waals surface area contributed by atoms with Crippen molar-refractivity contribution >= 4 is 17.3 Å². The van der Waals surface area contributed by atoms with Gasteiger partial charge in [0.2, 0.25) is 5.82 Å². The van der Waals surface area contributed by atoms with Crippen LogP contribution in [-0.2, 0) is 22.7 Å². The molecule has 0 amide bonds. The molecule has 1 saturated heterocycles. The fourth-order valence-electron chi connectivity index (χ4n) is 3.17. The zero-order valence-corrected chi connectivity index (χ0v) is 17.3. The van der Waals surface area contributed by atoms with Crippen molar-refractivity contribution in [3.8, 4) is 5.75 Å². The van der Waals surface area contributed by atoms with Gasteiger partial charge < -0.3 is 23.6 Å². The van der Waals surface area contributed by atoms with Gasteiger partial charge in [-0.15, -0.1) is 0 Å². The molecule has 1 aliphatic heterocycles. The molecule has 0 saturated carbocycles. The standard InChI is InChI=1S/C21H19FN4O7/c22-14-1-4-16(5-2-14)31-12-19-23-20(33-24-19)13-32-21(27)17-11-15(26(28)29)3-6-18(17)25-7-9-30-10-8-25/h1-6,11H,7-10,12-13H2. The van der Waals surface area contributed by atoms with E-state index in [0.29, 0.717) is 37.7 Å². The molecule has 0 radical (unpaired) electrons. The molecular formula is C21H19FN4O7. The van der Waals surface area contributed by atoms with E-state index in [2.05, 4.69) is 10.1 Å². The van der Waals surface area contributed by atoms with Gasteiger partial charge in [-0.3, -0.25) is 10.1 Å². The third kappa shape index (κ3) is 5.60. The van der Waals surface area contributed by atoms with Gasteiger partial charge in [0.05, 0.1) is 29.4 Å². The van der Waals surface area contributed by atoms with E-state index in [1.165, 1.54) is 42.5 Å². The Hall–Kier alpha value is -4.06. The third-order valence-corrected chi connectivity index (χ3v) is 4.78. The van der Waals surface area contributed by atoms with Gasteiger partial charge in [-0.1, -0.05) is 5.16 Å². The predicted molar refractivity (Wildman–Crippen MR) is 110 cm³/mol. The Kier molecular flexibility index (Phi) is 6.74. The van der Waals surface area contributed by atoms with E-state index in [4.69, 9.17) is 18.7 Å². The van der Waals surface area contributed by atoms with Crippen LogP contribution in [0.1, 0.15) is 22.1 Å². The average Bonchev–Trinajstić information content (AvgIpc) is 3.30. The fourth-order valence-corrected chi connectivity index (χ4v) is 3.17. The van der Waals surface area contributed by atoms with Crippen LogP contribution in [0.25, 0.3) is 0 Å². The molecule has 12 heteroatoms. The molecule has 0 bridgehead atoms. The molecule has 172 valence electrons. The highest BCUT2D eigenvalue weighted by atomic mass is 19.1. The largest absolute Gasteiger partial charge is 0.485 e. The second-order valence-electron chi connectivity index (χ2n) is 6.98. The van der Waals surface area contributed by atoms with Crippen molar-refractivity contribution in [3.05, 3.63) is 75.7 Å². The summed E-state index contributed by atoms with van der Waals surface area (Å²) in [6.45, 7) is 1.69. The molecule has 1 aliphatic rings. The number of morpholine rings is 1. The summed E-state index contributed by atoms with van der Waals surface area (Å²) in [5, 5.41) is 14.9. The number of nitrogens with zero attached hydrogens (tertiary/aromatic N) is 4. The molecule has 2 aromatic carbocycles. The maximum Gasteiger partial charge on any atom is 0.341 e. The van der Waals surface area contributed by atoms with Gasteiger partial charge in [0.25, 0.3) is 11.6 Å². The van der Waals surface area contributed by atoms with E-state index in [0.717, 1.165) is 0 Å². The van der Waals surface area contributed by atoms with Crippen molar-refractivity contribution in [2.24, 2.45) is 0 Å². The SMILES string of the molecule is O=C(OCc1nc(COc2ccc(F)cc2)no1)c1cc([N+](=O)[O-])ccc1N1CCOCC1. The Morgan fingerprint density at radius 2 is 1.91 bits per heavy atom. The lowest BCUT2D eigenvalue weighted by Gasteiger charge is -2.30. The highest BCUT2D eigenvalue weighted by Crippen LogP contribution is 2.27. The minimum absolute atomic E-state index is 0.0272. The van der Waals surface area contributed by atoms with Crippen molar-refractivity contribution in [1.82, 2.24) is 10.1 Å². The lowest BCUT2D eigenvalue weighted by Crippen LogP contribution is -2.37. The van der Waals surface area contributed by atoms with Crippen LogP contribution in [0.5, 0.6) is 5.75 Å². The number of hydrogen-bond acceptors (Lipinski definition) is 10. The van der Waals surface area contributed by atoms with Crippen molar-refractivity contribution in [1.29, 1.82) is 0 Å². The highest BCUT2D eigenvalue weighted by molar-refractivity contribution is 5.96. The molecule has 33 heavy (non-hydrogen) atoms. The third-order valence-electron chi connectivity index (χ3n) is 4.78. The predicted octanol–water partition coefficient (Wildman–Crippen LogP) is 2.89. The normalized spacial score (nSPS) is 13.5. The van der Waals surface area contributed by atoms with Crippen molar-refractivity contribution < 1.29 is 32.8 Å². The number of carbonyl (C=O) groups excluding carboxylic acids is 1. The van der Waals surface area contributed by atoms with Crippen molar-refractivity contribution in [3.63, 3.8) is 0 Å². The first-order valence-electron chi connectivity index (χ1n) is 9.97. The van der Waals surface area contributed by atoms with Crippen LogP contribution in [0.4, 0.5) is 15.8 Å². The van der Waals surface area contributed by atoms with Crippen LogP contribution >= 0.6 is 0 Å². The zero-order valence-electron chi connectivity index (χ0n) is 17.3. The highest BCUT2D eigenvalue weighted by Gasteiger charge is 2.23. The van der Waals surface area contributed by atoms with Gasteiger partial charge in [0.1, 0.15) is 11.6 Å². The smallest absolute Gasteiger partial charge is 0.341 e. The number of hydrogen-bond donors (Lipinski definition) is 0. The first-order chi connectivity index (χ1) is 16.0. The molecule has 11 nitrogen and oxygen atoms in total. The second kappa shape index (κ2) is 10.0. The van der Waals surface area contributed by atoms with Crippen molar-refractivity contribution in [2.75, 3.05) is 31.2 Å². The average molecular weight is 458 g/mol. The number of benzene rings is 2. The van der Waals surface area contributed by atoms with E-state index in [-0.39, 0.29) is 42.0 Å². The van der Waals surface area contributed by atoms with Gasteiger partial charge in [-0.25, -0.2) is 9.18 Å². The molecule has 0 N–H and O–H groups in total. The van der Waals surface area contributed by atoms with E-state index >= 15 is 0 Å². The molecule has 3 aromatic rings. The lowest BCUT2D eigenvalue weighted by atomic mass is 10.1. The van der Waals surface area contributed by atoms with E-state index in [9.17, 15) is 19.3 Å². The molecule has 1 aromatic heterocycles. The molecular weight excluding hydrogens is 439 g/mol. The maximum absolute atomic E-state index is 12.9. The molecule has 4 rings (SSSR count). The molecule has 2 heterocycles. The maximum atomic E-state index is 12.9. The van der Waals surface area contributed by atoms with E-state index < -0.39 is 10.9 Å². The summed E-state index contributed by atoms with van der Waals surface area (Å²) in [4.78, 5) is 29.3. The summed E-state index contributed by atoms with van der Waals surface area (Å²) < 4.78 is 34.0. The monoisotopic (exact) mass is 458 g/mol.